The van der Waals surface area contributed by atoms with Crippen LogP contribution >= 0.6 is 11.6 Å². The van der Waals surface area contributed by atoms with Crippen LogP contribution in [0.2, 0.25) is 0 Å². The minimum atomic E-state index is 0.414. The first kappa shape index (κ1) is 11.3. The van der Waals surface area contributed by atoms with Crippen LogP contribution in [0.4, 0.5) is 0 Å². The normalized spacial score (nSPS) is 11.2. The van der Waals surface area contributed by atoms with Gasteiger partial charge in [0.15, 0.2) is 0 Å². The fraction of sp³-hybridized carbons (Fsp3) is 0.231. The molecule has 0 N–H and O–H groups in total. The zero-order chi connectivity index (χ0) is 12.5. The van der Waals surface area contributed by atoms with E-state index < -0.39 is 0 Å². The Kier molecular flexibility index (Phi) is 2.80. The van der Waals surface area contributed by atoms with Gasteiger partial charge in [0, 0.05) is 24.8 Å². The lowest BCUT2D eigenvalue weighted by Gasteiger charge is -2.03. The lowest BCUT2D eigenvalue weighted by Crippen LogP contribution is -2.04. The number of imidazole rings is 1. The number of nitrogens with zero attached hydrogens (tertiary/aromatic N) is 4. The fourth-order valence-electron chi connectivity index (χ4n) is 2.18. The number of benzene rings is 1. The highest BCUT2D eigenvalue weighted by atomic mass is 35.5. The van der Waals surface area contributed by atoms with Crippen molar-refractivity contribution in [3.8, 4) is 0 Å². The molecule has 0 unspecified atom stereocenters. The van der Waals surface area contributed by atoms with Gasteiger partial charge in [-0.3, -0.25) is 4.68 Å². The summed E-state index contributed by atoms with van der Waals surface area (Å²) >= 11 is 5.85. The molecule has 0 bridgehead atoms. The maximum atomic E-state index is 5.85. The number of aryl methyl sites for hydroxylation is 1. The van der Waals surface area contributed by atoms with Gasteiger partial charge in [0.2, 0.25) is 0 Å². The Balaban J connectivity index is 2.05. The highest BCUT2D eigenvalue weighted by Crippen LogP contribution is 2.18. The van der Waals surface area contributed by atoms with E-state index in [1.807, 2.05) is 34.6 Å². The summed E-state index contributed by atoms with van der Waals surface area (Å²) in [4.78, 5) is 4.21. The number of hydrogen-bond acceptors (Lipinski definition) is 2. The van der Waals surface area contributed by atoms with Crippen LogP contribution in [-0.2, 0) is 19.5 Å². The summed E-state index contributed by atoms with van der Waals surface area (Å²) in [5, 5.41) is 5.74. The minimum absolute atomic E-state index is 0.414. The standard InChI is InChI=1S/C13H13ClN4/c1-17-12-5-3-2-4-10(12)11(16-17)9-18-7-6-15-13(18)8-14/h2-7H,8-9H2,1H3. The molecule has 0 radical (unpaired) electrons. The third kappa shape index (κ3) is 1.78. The van der Waals surface area contributed by atoms with Crippen LogP contribution in [-0.4, -0.2) is 19.3 Å². The summed E-state index contributed by atoms with van der Waals surface area (Å²) in [5.41, 5.74) is 2.18. The highest BCUT2D eigenvalue weighted by molar-refractivity contribution is 6.16. The van der Waals surface area contributed by atoms with Crippen LogP contribution in [0, 0.1) is 0 Å². The Morgan fingerprint density at radius 3 is 2.94 bits per heavy atom. The number of halogens is 1. The second-order valence-electron chi connectivity index (χ2n) is 4.19. The van der Waals surface area contributed by atoms with E-state index in [0.29, 0.717) is 12.4 Å². The summed E-state index contributed by atoms with van der Waals surface area (Å²) in [5.74, 6) is 1.28. The van der Waals surface area contributed by atoms with E-state index in [9.17, 15) is 0 Å². The van der Waals surface area contributed by atoms with Crippen LogP contribution in [0.25, 0.3) is 10.9 Å². The van der Waals surface area contributed by atoms with Crippen molar-refractivity contribution in [2.24, 2.45) is 7.05 Å². The monoisotopic (exact) mass is 260 g/mol. The number of aromatic nitrogens is 4. The summed E-state index contributed by atoms with van der Waals surface area (Å²) in [7, 11) is 1.96. The molecule has 3 aromatic rings. The Labute approximate surface area is 110 Å². The van der Waals surface area contributed by atoms with Crippen LogP contribution in [0.3, 0.4) is 0 Å². The molecular weight excluding hydrogens is 248 g/mol. The van der Waals surface area contributed by atoms with Gasteiger partial charge in [-0.1, -0.05) is 18.2 Å². The van der Waals surface area contributed by atoms with Crippen molar-refractivity contribution >= 4 is 22.5 Å². The van der Waals surface area contributed by atoms with Crippen LogP contribution in [0.1, 0.15) is 11.5 Å². The fourth-order valence-corrected chi connectivity index (χ4v) is 2.40. The topological polar surface area (TPSA) is 35.6 Å². The molecule has 5 heteroatoms. The number of alkyl halides is 1. The molecule has 18 heavy (non-hydrogen) atoms. The van der Waals surface area contributed by atoms with Gasteiger partial charge < -0.3 is 4.57 Å². The number of hydrogen-bond donors (Lipinski definition) is 0. The highest BCUT2D eigenvalue weighted by Gasteiger charge is 2.10. The summed E-state index contributed by atoms with van der Waals surface area (Å²) in [6.45, 7) is 0.698. The molecule has 0 saturated heterocycles. The van der Waals surface area contributed by atoms with Crippen molar-refractivity contribution in [2.45, 2.75) is 12.4 Å². The molecule has 0 fully saturated rings. The van der Waals surface area contributed by atoms with Gasteiger partial charge in [-0.2, -0.15) is 5.10 Å². The Morgan fingerprint density at radius 2 is 2.11 bits per heavy atom. The first-order valence-corrected chi connectivity index (χ1v) is 6.29. The molecule has 0 aliphatic rings. The molecule has 0 atom stereocenters. The van der Waals surface area contributed by atoms with Crippen molar-refractivity contribution in [2.75, 3.05) is 0 Å². The van der Waals surface area contributed by atoms with Crippen molar-refractivity contribution in [1.29, 1.82) is 0 Å². The quantitative estimate of drug-likeness (QED) is 0.679. The summed E-state index contributed by atoms with van der Waals surface area (Å²) in [6.07, 6.45) is 3.70. The van der Waals surface area contributed by atoms with E-state index in [1.54, 1.807) is 6.20 Å². The third-order valence-corrected chi connectivity index (χ3v) is 3.31. The molecule has 0 aliphatic carbocycles. The van der Waals surface area contributed by atoms with Crippen LogP contribution in [0.5, 0.6) is 0 Å². The van der Waals surface area contributed by atoms with Gasteiger partial charge in [0.05, 0.1) is 23.6 Å². The molecule has 2 heterocycles. The van der Waals surface area contributed by atoms with Crippen molar-refractivity contribution in [3.05, 3.63) is 48.2 Å². The van der Waals surface area contributed by atoms with E-state index in [4.69, 9.17) is 11.6 Å². The first-order valence-electron chi connectivity index (χ1n) is 5.76. The molecule has 0 aliphatic heterocycles. The Hall–Kier alpha value is -1.81. The smallest absolute Gasteiger partial charge is 0.123 e. The maximum absolute atomic E-state index is 5.85. The molecular formula is C13H13ClN4. The largest absolute Gasteiger partial charge is 0.328 e. The zero-order valence-electron chi connectivity index (χ0n) is 10.0. The lowest BCUT2D eigenvalue weighted by atomic mass is 10.2. The van der Waals surface area contributed by atoms with E-state index in [2.05, 4.69) is 22.2 Å². The second-order valence-corrected chi connectivity index (χ2v) is 4.46. The van der Waals surface area contributed by atoms with E-state index >= 15 is 0 Å². The van der Waals surface area contributed by atoms with Gasteiger partial charge in [-0.15, -0.1) is 11.6 Å². The molecule has 1 aromatic carbocycles. The predicted octanol–water partition coefficient (Wildman–Crippen LogP) is 2.56. The number of fused-ring (bicyclic) bond motifs is 1. The second kappa shape index (κ2) is 4.46. The van der Waals surface area contributed by atoms with Crippen LogP contribution < -0.4 is 0 Å². The average molecular weight is 261 g/mol. The number of para-hydroxylation sites is 1. The van der Waals surface area contributed by atoms with Gasteiger partial charge in [0.1, 0.15) is 5.82 Å². The van der Waals surface area contributed by atoms with Gasteiger partial charge in [-0.05, 0) is 6.07 Å². The summed E-state index contributed by atoms with van der Waals surface area (Å²) in [6, 6.07) is 8.22. The molecule has 0 saturated carbocycles. The predicted molar refractivity (Wildman–Crippen MR) is 71.6 cm³/mol. The summed E-state index contributed by atoms with van der Waals surface area (Å²) < 4.78 is 3.93. The third-order valence-electron chi connectivity index (χ3n) is 3.08. The maximum Gasteiger partial charge on any atom is 0.123 e. The van der Waals surface area contributed by atoms with Crippen molar-refractivity contribution < 1.29 is 0 Å². The van der Waals surface area contributed by atoms with Crippen molar-refractivity contribution in [1.82, 2.24) is 19.3 Å². The molecule has 0 spiro atoms. The minimum Gasteiger partial charge on any atom is -0.328 e. The molecule has 2 aromatic heterocycles. The zero-order valence-corrected chi connectivity index (χ0v) is 10.8. The molecule has 4 nitrogen and oxygen atoms in total. The first-order chi connectivity index (χ1) is 8.79. The Morgan fingerprint density at radius 1 is 1.28 bits per heavy atom. The molecule has 0 amide bonds. The van der Waals surface area contributed by atoms with Gasteiger partial charge in [-0.25, -0.2) is 4.98 Å². The molecule has 3 rings (SSSR count). The average Bonchev–Trinajstić information content (AvgIpc) is 2.96. The Bertz CT molecular complexity index is 683. The van der Waals surface area contributed by atoms with Crippen molar-refractivity contribution in [3.63, 3.8) is 0 Å². The van der Waals surface area contributed by atoms with E-state index in [0.717, 1.165) is 17.0 Å². The number of rotatable bonds is 3. The lowest BCUT2D eigenvalue weighted by molar-refractivity contribution is 0.700. The van der Waals surface area contributed by atoms with Crippen LogP contribution in [0.15, 0.2) is 36.7 Å². The van der Waals surface area contributed by atoms with Gasteiger partial charge >= 0.3 is 0 Å². The van der Waals surface area contributed by atoms with E-state index in [1.165, 1.54) is 5.39 Å². The van der Waals surface area contributed by atoms with Gasteiger partial charge in [0.25, 0.3) is 0 Å². The molecule has 92 valence electrons. The SMILES string of the molecule is Cn1nc(Cn2ccnc2CCl)c2ccccc21. The van der Waals surface area contributed by atoms with E-state index in [-0.39, 0.29) is 0 Å².